The second-order valence-electron chi connectivity index (χ2n) is 10.2. The van der Waals surface area contributed by atoms with Crippen LogP contribution in [0.2, 0.25) is 0 Å². The number of hydrogen-bond donors (Lipinski definition) is 4. The van der Waals surface area contributed by atoms with E-state index in [1.54, 1.807) is 17.5 Å². The minimum atomic E-state index is -1.12. The molecule has 7 nitrogen and oxygen atoms in total. The Bertz CT molecular complexity index is 1030. The number of carbonyl (C=O) groups excluding carboxylic acids is 2. The van der Waals surface area contributed by atoms with E-state index in [-0.39, 0.29) is 12.3 Å². The molecule has 0 aromatic carbocycles. The van der Waals surface area contributed by atoms with Gasteiger partial charge in [-0.3, -0.25) is 14.6 Å². The third kappa shape index (κ3) is 6.68. The molecule has 2 saturated carbocycles. The van der Waals surface area contributed by atoms with Gasteiger partial charge < -0.3 is 15.7 Å². The number of carboxylic acids is 1. The second kappa shape index (κ2) is 12.2. The summed E-state index contributed by atoms with van der Waals surface area (Å²) in [6.07, 6.45) is 11.0. The fourth-order valence-electron chi connectivity index (χ4n) is 5.41. The van der Waals surface area contributed by atoms with Crippen LogP contribution in [0.3, 0.4) is 0 Å². The van der Waals surface area contributed by atoms with Gasteiger partial charge in [0.25, 0.3) is 0 Å². The van der Waals surface area contributed by atoms with Crippen LogP contribution in [-0.4, -0.2) is 44.7 Å². The van der Waals surface area contributed by atoms with E-state index < -0.39 is 28.7 Å². The zero-order chi connectivity index (χ0) is 25.5. The Balaban J connectivity index is 1.39. The summed E-state index contributed by atoms with van der Waals surface area (Å²) >= 11 is 6.15. The van der Waals surface area contributed by atoms with E-state index in [1.165, 1.54) is 19.3 Å². The Morgan fingerprint density at radius 3 is 2.47 bits per heavy atom. The number of carbonyl (C=O) groups is 3. The summed E-state index contributed by atoms with van der Waals surface area (Å²) in [6, 6.07) is 4.56. The molecular weight excluding hydrogens is 494 g/mol. The predicted octanol–water partition coefficient (Wildman–Crippen LogP) is 4.62. The molecule has 2 aromatic heterocycles. The molecule has 2 heterocycles. The number of aromatic nitrogens is 1. The van der Waals surface area contributed by atoms with Crippen molar-refractivity contribution in [3.63, 3.8) is 0 Å². The van der Waals surface area contributed by atoms with Crippen LogP contribution in [0.4, 0.5) is 0 Å². The van der Waals surface area contributed by atoms with E-state index in [1.807, 2.05) is 29.0 Å². The Kier molecular flexibility index (Phi) is 9.06. The van der Waals surface area contributed by atoms with Gasteiger partial charge in [0.05, 0.1) is 10.9 Å². The molecular formula is C27H35N3O4S2. The number of aliphatic carboxylic acids is 1. The summed E-state index contributed by atoms with van der Waals surface area (Å²) in [4.78, 5) is 42.9. The first-order valence-electron chi connectivity index (χ1n) is 12.9. The number of nitrogens with zero attached hydrogens (tertiary/aromatic N) is 1. The number of nitrogens with one attached hydrogen (secondary N) is 2. The molecule has 0 spiro atoms. The molecule has 194 valence electrons. The molecule has 2 atom stereocenters. The van der Waals surface area contributed by atoms with Crippen LogP contribution in [0.25, 0.3) is 11.3 Å². The maximum atomic E-state index is 13.4. The monoisotopic (exact) mass is 529 g/mol. The predicted molar refractivity (Wildman–Crippen MR) is 144 cm³/mol. The topological polar surface area (TPSA) is 108 Å². The summed E-state index contributed by atoms with van der Waals surface area (Å²) in [7, 11) is 0. The van der Waals surface area contributed by atoms with Crippen LogP contribution in [-0.2, 0) is 20.8 Å². The molecule has 2 fully saturated rings. The van der Waals surface area contributed by atoms with Crippen molar-refractivity contribution in [3.8, 4) is 11.3 Å². The number of pyridine rings is 1. The molecule has 0 radical (unpaired) electrons. The molecule has 2 aromatic rings. The maximum absolute atomic E-state index is 13.4. The lowest BCUT2D eigenvalue weighted by Gasteiger charge is -2.32. The van der Waals surface area contributed by atoms with Gasteiger partial charge >= 0.3 is 5.97 Å². The Labute approximate surface area is 221 Å². The van der Waals surface area contributed by atoms with Gasteiger partial charge in [0.2, 0.25) is 11.8 Å². The Morgan fingerprint density at radius 1 is 1.11 bits per heavy atom. The van der Waals surface area contributed by atoms with Crippen molar-refractivity contribution in [2.75, 3.05) is 0 Å². The van der Waals surface area contributed by atoms with Crippen LogP contribution >= 0.6 is 24.0 Å². The lowest BCUT2D eigenvalue weighted by atomic mass is 9.85. The highest BCUT2D eigenvalue weighted by molar-refractivity contribution is 7.81. The van der Waals surface area contributed by atoms with Gasteiger partial charge in [-0.05, 0) is 48.3 Å². The largest absolute Gasteiger partial charge is 0.480 e. The van der Waals surface area contributed by atoms with E-state index in [4.69, 9.17) is 0 Å². The highest BCUT2D eigenvalue weighted by Crippen LogP contribution is 2.32. The van der Waals surface area contributed by atoms with Crippen LogP contribution < -0.4 is 10.6 Å². The van der Waals surface area contributed by atoms with Crippen LogP contribution in [0.15, 0.2) is 35.2 Å². The summed E-state index contributed by atoms with van der Waals surface area (Å²) in [5, 5.41) is 19.0. The lowest BCUT2D eigenvalue weighted by molar-refractivity contribution is -0.143. The highest BCUT2D eigenvalue weighted by atomic mass is 32.1. The Morgan fingerprint density at radius 2 is 1.86 bits per heavy atom. The molecule has 0 bridgehead atoms. The zero-order valence-electron chi connectivity index (χ0n) is 20.4. The van der Waals surface area contributed by atoms with Crippen molar-refractivity contribution in [2.24, 2.45) is 5.92 Å². The van der Waals surface area contributed by atoms with Crippen molar-refractivity contribution >= 4 is 41.7 Å². The van der Waals surface area contributed by atoms with Crippen molar-refractivity contribution in [1.29, 1.82) is 0 Å². The average molecular weight is 530 g/mol. The number of amides is 2. The number of carboxylic acid groups (broad SMARTS) is 1. The molecule has 2 aliphatic rings. The van der Waals surface area contributed by atoms with Gasteiger partial charge in [0, 0.05) is 23.6 Å². The number of rotatable bonds is 10. The lowest BCUT2D eigenvalue weighted by Crippen LogP contribution is -2.61. The number of thiophene rings is 1. The normalized spacial score (nSPS) is 19.4. The first-order chi connectivity index (χ1) is 17.4. The van der Waals surface area contributed by atoms with Gasteiger partial charge in [0.1, 0.15) is 11.6 Å². The fourth-order valence-corrected chi connectivity index (χ4v) is 6.42. The van der Waals surface area contributed by atoms with E-state index in [9.17, 15) is 19.5 Å². The van der Waals surface area contributed by atoms with E-state index >= 15 is 0 Å². The molecule has 2 amide bonds. The van der Waals surface area contributed by atoms with Gasteiger partial charge in [-0.25, -0.2) is 4.79 Å². The van der Waals surface area contributed by atoms with Gasteiger partial charge in [-0.1, -0.05) is 51.0 Å². The molecule has 2 aliphatic carbocycles. The van der Waals surface area contributed by atoms with Crippen molar-refractivity contribution in [3.05, 3.63) is 40.7 Å². The van der Waals surface area contributed by atoms with E-state index in [0.717, 1.165) is 36.9 Å². The maximum Gasteiger partial charge on any atom is 0.326 e. The third-order valence-electron chi connectivity index (χ3n) is 7.52. The van der Waals surface area contributed by atoms with Crippen LogP contribution in [0.5, 0.6) is 0 Å². The molecule has 2 unspecified atom stereocenters. The van der Waals surface area contributed by atoms with Crippen LogP contribution in [0, 0.1) is 5.92 Å². The molecule has 0 saturated heterocycles. The van der Waals surface area contributed by atoms with Gasteiger partial charge in [0.15, 0.2) is 0 Å². The zero-order valence-corrected chi connectivity index (χ0v) is 22.2. The molecule has 9 heteroatoms. The van der Waals surface area contributed by atoms with Crippen molar-refractivity contribution in [2.45, 2.75) is 87.5 Å². The first-order valence-corrected chi connectivity index (χ1v) is 14.3. The summed E-state index contributed by atoms with van der Waals surface area (Å²) in [6.45, 7) is 0. The smallest absolute Gasteiger partial charge is 0.326 e. The molecule has 0 aliphatic heterocycles. The van der Waals surface area contributed by atoms with E-state index in [0.29, 0.717) is 30.7 Å². The summed E-state index contributed by atoms with van der Waals surface area (Å²) < 4.78 is 0. The number of hydrogen-bond acceptors (Lipinski definition) is 6. The SMILES string of the molecule is O=C(NC1(C(=O)NC(Cc2ccc(-c3ccsc3)nc2)C(=O)O)CCCC1)C(S)CC1CCCCC1. The molecule has 3 N–H and O–H groups in total. The first kappa shape index (κ1) is 26.7. The molecule has 36 heavy (non-hydrogen) atoms. The highest BCUT2D eigenvalue weighted by Gasteiger charge is 2.44. The summed E-state index contributed by atoms with van der Waals surface area (Å²) in [5.74, 6) is -1.28. The third-order valence-corrected chi connectivity index (χ3v) is 8.65. The minimum Gasteiger partial charge on any atom is -0.480 e. The number of thiol groups is 1. The van der Waals surface area contributed by atoms with Gasteiger partial charge in [-0.15, -0.1) is 0 Å². The Hall–Kier alpha value is -2.39. The average Bonchev–Trinajstić information content (AvgIpc) is 3.58. The van der Waals surface area contributed by atoms with E-state index in [2.05, 4.69) is 28.2 Å². The second-order valence-corrected chi connectivity index (χ2v) is 11.6. The summed E-state index contributed by atoms with van der Waals surface area (Å²) in [5.41, 5.74) is 1.46. The van der Waals surface area contributed by atoms with Crippen molar-refractivity contribution in [1.82, 2.24) is 15.6 Å². The minimum absolute atomic E-state index is 0.110. The van der Waals surface area contributed by atoms with Crippen molar-refractivity contribution < 1.29 is 19.5 Å². The fraction of sp³-hybridized carbons (Fsp3) is 0.556. The quantitative estimate of drug-likeness (QED) is 0.336. The van der Waals surface area contributed by atoms with Crippen LogP contribution in [0.1, 0.15) is 69.8 Å². The van der Waals surface area contributed by atoms with Gasteiger partial charge in [-0.2, -0.15) is 24.0 Å². The molecule has 4 rings (SSSR count). The standard InChI is InChI=1S/C27H35N3O4S2/c31-24(23(35)15-18-6-2-1-3-7-18)30-27(11-4-5-12-27)26(34)29-22(25(32)33)14-19-8-9-21(28-16-19)20-10-13-36-17-20/h8-10,13,16-18,22-23,35H,1-7,11-12,14-15H2,(H,29,34)(H,30,31)(H,32,33).